The highest BCUT2D eigenvalue weighted by atomic mass is 32.1. The monoisotopic (exact) mass is 378 g/mol. The third-order valence-electron chi connectivity index (χ3n) is 5.32. The summed E-state index contributed by atoms with van der Waals surface area (Å²) in [6, 6.07) is 0. The van der Waals surface area contributed by atoms with Gasteiger partial charge in [-0.05, 0) is 31.6 Å². The fourth-order valence-electron chi connectivity index (χ4n) is 3.56. The van der Waals surface area contributed by atoms with Crippen LogP contribution in [0.4, 0.5) is 5.13 Å². The number of carbonyl (C=O) groups excluding carboxylic acids is 2. The topological polar surface area (TPSA) is 65.5 Å². The second-order valence-corrected chi connectivity index (χ2v) is 8.83. The Morgan fingerprint density at radius 1 is 1.27 bits per heavy atom. The largest absolute Gasteiger partial charge is 0.356 e. The zero-order chi connectivity index (χ0) is 18.7. The Bertz CT molecular complexity index is 650. The highest BCUT2D eigenvalue weighted by Crippen LogP contribution is 2.34. The van der Waals surface area contributed by atoms with Crippen LogP contribution in [0, 0.1) is 11.8 Å². The van der Waals surface area contributed by atoms with Gasteiger partial charge in [-0.1, -0.05) is 13.8 Å². The molecule has 0 saturated carbocycles. The second-order valence-electron chi connectivity index (χ2n) is 7.77. The molecule has 144 valence electrons. The number of aromatic nitrogens is 1. The Labute approximate surface area is 160 Å². The normalized spacial score (nSPS) is 20.2. The number of carbonyl (C=O) groups is 2. The van der Waals surface area contributed by atoms with Crippen LogP contribution in [-0.4, -0.2) is 54.4 Å². The van der Waals surface area contributed by atoms with Gasteiger partial charge in [-0.3, -0.25) is 9.59 Å². The van der Waals surface area contributed by atoms with E-state index in [1.807, 2.05) is 4.90 Å². The highest BCUT2D eigenvalue weighted by molar-refractivity contribution is 7.15. The molecule has 2 aliphatic rings. The van der Waals surface area contributed by atoms with Crippen LogP contribution in [0.15, 0.2) is 0 Å². The molecule has 1 saturated heterocycles. The Hall–Kier alpha value is -1.63. The van der Waals surface area contributed by atoms with Gasteiger partial charge < -0.3 is 15.1 Å². The Balaban J connectivity index is 1.56. The summed E-state index contributed by atoms with van der Waals surface area (Å²) in [7, 11) is 0. The molecule has 0 unspecified atom stereocenters. The molecule has 6 nitrogen and oxygen atoms in total. The molecule has 1 aliphatic heterocycles. The number of thiazole rings is 1. The van der Waals surface area contributed by atoms with E-state index in [9.17, 15) is 9.59 Å². The van der Waals surface area contributed by atoms with E-state index in [1.165, 1.54) is 10.6 Å². The van der Waals surface area contributed by atoms with Gasteiger partial charge in [-0.15, -0.1) is 11.3 Å². The Morgan fingerprint density at radius 3 is 2.65 bits per heavy atom. The molecular formula is C19H30N4O2S. The zero-order valence-corrected chi connectivity index (χ0v) is 16.9. The lowest BCUT2D eigenvalue weighted by molar-refractivity contribution is -0.129. The summed E-state index contributed by atoms with van der Waals surface area (Å²) < 4.78 is 0. The quantitative estimate of drug-likeness (QED) is 0.852. The Morgan fingerprint density at radius 2 is 2.00 bits per heavy atom. The maximum absolute atomic E-state index is 12.4. The minimum atomic E-state index is 0.0810. The first-order valence-electron chi connectivity index (χ1n) is 9.70. The molecule has 7 heteroatoms. The SMILES string of the molecule is CC(=O)N1CCN(c2nc3c(s2)C[C@H](C(=O)NCCC(C)C)CC3)CC1. The van der Waals surface area contributed by atoms with Crippen molar-refractivity contribution in [3.8, 4) is 0 Å². The molecule has 1 atom stereocenters. The average Bonchev–Trinajstić information content (AvgIpc) is 3.04. The van der Waals surface area contributed by atoms with E-state index in [0.717, 1.165) is 63.5 Å². The van der Waals surface area contributed by atoms with Gasteiger partial charge in [-0.25, -0.2) is 4.98 Å². The summed E-state index contributed by atoms with van der Waals surface area (Å²) in [5.41, 5.74) is 1.17. The van der Waals surface area contributed by atoms with Crippen LogP contribution < -0.4 is 10.2 Å². The van der Waals surface area contributed by atoms with Crippen molar-refractivity contribution in [2.24, 2.45) is 11.8 Å². The van der Waals surface area contributed by atoms with Gasteiger partial charge >= 0.3 is 0 Å². The standard InChI is InChI=1S/C19H30N4O2S/c1-13(2)6-7-20-18(25)15-4-5-16-17(12-15)26-19(21-16)23-10-8-22(9-11-23)14(3)24/h13,15H,4-12H2,1-3H3,(H,20,25)/t15-/m1/s1. The molecule has 0 aromatic carbocycles. The summed E-state index contributed by atoms with van der Waals surface area (Å²) in [6.07, 6.45) is 3.62. The first-order valence-corrected chi connectivity index (χ1v) is 10.5. The van der Waals surface area contributed by atoms with E-state index >= 15 is 0 Å². The molecule has 26 heavy (non-hydrogen) atoms. The number of aryl methyl sites for hydroxylation is 1. The van der Waals surface area contributed by atoms with Crippen LogP contribution in [0.1, 0.15) is 44.2 Å². The summed E-state index contributed by atoms with van der Waals surface area (Å²) in [5.74, 6) is 1.04. The van der Waals surface area contributed by atoms with Crippen molar-refractivity contribution < 1.29 is 9.59 Å². The van der Waals surface area contributed by atoms with Crippen LogP contribution in [-0.2, 0) is 22.4 Å². The van der Waals surface area contributed by atoms with Crippen molar-refractivity contribution in [3.05, 3.63) is 10.6 Å². The number of nitrogens with one attached hydrogen (secondary N) is 1. The number of nitrogens with zero attached hydrogens (tertiary/aromatic N) is 3. The van der Waals surface area contributed by atoms with Crippen LogP contribution in [0.25, 0.3) is 0 Å². The molecule has 1 aromatic rings. The molecule has 0 bridgehead atoms. The maximum Gasteiger partial charge on any atom is 0.223 e. The number of anilines is 1. The Kier molecular flexibility index (Phi) is 6.16. The van der Waals surface area contributed by atoms with E-state index in [4.69, 9.17) is 4.98 Å². The third-order valence-corrected chi connectivity index (χ3v) is 6.50. The molecule has 1 aromatic heterocycles. The first-order chi connectivity index (χ1) is 12.4. The van der Waals surface area contributed by atoms with Gasteiger partial charge in [0.1, 0.15) is 0 Å². The predicted molar refractivity (Wildman–Crippen MR) is 105 cm³/mol. The summed E-state index contributed by atoms with van der Waals surface area (Å²) in [6.45, 7) is 9.96. The summed E-state index contributed by atoms with van der Waals surface area (Å²) >= 11 is 1.73. The van der Waals surface area contributed by atoms with Gasteiger partial charge in [0, 0.05) is 50.4 Å². The summed E-state index contributed by atoms with van der Waals surface area (Å²) in [4.78, 5) is 34.2. The van der Waals surface area contributed by atoms with Gasteiger partial charge in [0.25, 0.3) is 0 Å². The summed E-state index contributed by atoms with van der Waals surface area (Å²) in [5, 5.41) is 4.15. The zero-order valence-electron chi connectivity index (χ0n) is 16.1. The second kappa shape index (κ2) is 8.37. The molecule has 1 aliphatic carbocycles. The molecule has 0 spiro atoms. The van der Waals surface area contributed by atoms with Gasteiger partial charge in [0.15, 0.2) is 5.13 Å². The van der Waals surface area contributed by atoms with E-state index < -0.39 is 0 Å². The highest BCUT2D eigenvalue weighted by Gasteiger charge is 2.29. The third kappa shape index (κ3) is 4.55. The van der Waals surface area contributed by atoms with Crippen molar-refractivity contribution in [3.63, 3.8) is 0 Å². The lowest BCUT2D eigenvalue weighted by Gasteiger charge is -2.33. The van der Waals surface area contributed by atoms with Crippen LogP contribution >= 0.6 is 11.3 Å². The van der Waals surface area contributed by atoms with E-state index in [0.29, 0.717) is 5.92 Å². The van der Waals surface area contributed by atoms with Crippen molar-refractivity contribution in [1.29, 1.82) is 0 Å². The molecule has 2 heterocycles. The number of rotatable bonds is 5. The molecule has 2 amide bonds. The fraction of sp³-hybridized carbons (Fsp3) is 0.737. The number of fused-ring (bicyclic) bond motifs is 1. The van der Waals surface area contributed by atoms with Gasteiger partial charge in [-0.2, -0.15) is 0 Å². The number of hydrogen-bond donors (Lipinski definition) is 1. The van der Waals surface area contributed by atoms with Crippen LogP contribution in [0.3, 0.4) is 0 Å². The minimum absolute atomic E-state index is 0.0810. The van der Waals surface area contributed by atoms with Crippen molar-refractivity contribution in [2.45, 2.75) is 46.5 Å². The van der Waals surface area contributed by atoms with E-state index in [2.05, 4.69) is 24.1 Å². The number of amides is 2. The van der Waals surface area contributed by atoms with Crippen molar-refractivity contribution in [1.82, 2.24) is 15.2 Å². The first kappa shape index (κ1) is 19.1. The fourth-order valence-corrected chi connectivity index (χ4v) is 4.80. The van der Waals surface area contributed by atoms with Crippen LogP contribution in [0.2, 0.25) is 0 Å². The molecule has 1 fully saturated rings. The average molecular weight is 379 g/mol. The number of hydrogen-bond acceptors (Lipinski definition) is 5. The van der Waals surface area contributed by atoms with Crippen molar-refractivity contribution >= 4 is 28.3 Å². The number of piperazine rings is 1. The molecule has 1 N–H and O–H groups in total. The van der Waals surface area contributed by atoms with E-state index in [-0.39, 0.29) is 17.7 Å². The minimum Gasteiger partial charge on any atom is -0.356 e. The van der Waals surface area contributed by atoms with E-state index in [1.54, 1.807) is 18.3 Å². The molecular weight excluding hydrogens is 348 g/mol. The van der Waals surface area contributed by atoms with Crippen molar-refractivity contribution in [2.75, 3.05) is 37.6 Å². The van der Waals surface area contributed by atoms with Crippen LogP contribution in [0.5, 0.6) is 0 Å². The predicted octanol–water partition coefficient (Wildman–Crippen LogP) is 2.08. The molecule has 3 rings (SSSR count). The molecule has 0 radical (unpaired) electrons. The van der Waals surface area contributed by atoms with Gasteiger partial charge in [0.2, 0.25) is 11.8 Å². The lowest BCUT2D eigenvalue weighted by atomic mass is 9.90. The maximum atomic E-state index is 12.4. The lowest BCUT2D eigenvalue weighted by Crippen LogP contribution is -2.48. The smallest absolute Gasteiger partial charge is 0.223 e. The van der Waals surface area contributed by atoms with Gasteiger partial charge in [0.05, 0.1) is 5.69 Å².